The predicted molar refractivity (Wildman–Crippen MR) is 59.4 cm³/mol. The lowest BCUT2D eigenvalue weighted by molar-refractivity contribution is -0.140. The summed E-state index contributed by atoms with van der Waals surface area (Å²) in [6, 6.07) is 0. The van der Waals surface area contributed by atoms with E-state index in [4.69, 9.17) is 4.74 Å². The first kappa shape index (κ1) is 12.6. The van der Waals surface area contributed by atoms with E-state index < -0.39 is 11.9 Å². The predicted octanol–water partition coefficient (Wildman–Crippen LogP) is 2.78. The van der Waals surface area contributed by atoms with Crippen molar-refractivity contribution in [2.45, 2.75) is 25.1 Å². The molecule has 96 valence electrons. The topological polar surface area (TPSA) is 25.4 Å². The van der Waals surface area contributed by atoms with Crippen molar-refractivity contribution in [1.29, 1.82) is 0 Å². The SMILES string of the molecule is COC1CCN(c2nc(C(F)(F)F)cs2)CC1. The van der Waals surface area contributed by atoms with Crippen molar-refractivity contribution in [3.63, 3.8) is 0 Å². The molecule has 1 fully saturated rings. The Bertz CT molecular complexity index is 372. The lowest BCUT2D eigenvalue weighted by atomic mass is 10.1. The van der Waals surface area contributed by atoms with Crippen molar-refractivity contribution in [2.75, 3.05) is 25.1 Å². The molecule has 1 aliphatic heterocycles. The second-order valence-electron chi connectivity index (χ2n) is 3.94. The minimum absolute atomic E-state index is 0.216. The maximum Gasteiger partial charge on any atom is 0.434 e. The molecule has 0 aromatic carbocycles. The van der Waals surface area contributed by atoms with E-state index in [2.05, 4.69) is 4.98 Å². The Morgan fingerprint density at radius 1 is 1.41 bits per heavy atom. The van der Waals surface area contributed by atoms with Crippen molar-refractivity contribution in [3.8, 4) is 0 Å². The van der Waals surface area contributed by atoms with Crippen molar-refractivity contribution in [2.24, 2.45) is 0 Å². The number of aromatic nitrogens is 1. The third-order valence-corrected chi connectivity index (χ3v) is 3.73. The van der Waals surface area contributed by atoms with Crippen LogP contribution in [-0.2, 0) is 10.9 Å². The summed E-state index contributed by atoms with van der Waals surface area (Å²) >= 11 is 1.05. The molecule has 0 radical (unpaired) electrons. The molecule has 2 heterocycles. The summed E-state index contributed by atoms with van der Waals surface area (Å²) in [5.41, 5.74) is -0.800. The Balaban J connectivity index is 2.02. The zero-order valence-corrected chi connectivity index (χ0v) is 10.1. The summed E-state index contributed by atoms with van der Waals surface area (Å²) in [4.78, 5) is 5.52. The average molecular weight is 266 g/mol. The number of ether oxygens (including phenoxy) is 1. The molecule has 0 atom stereocenters. The summed E-state index contributed by atoms with van der Waals surface area (Å²) in [6.07, 6.45) is -2.47. The third kappa shape index (κ3) is 2.90. The van der Waals surface area contributed by atoms with Crippen LogP contribution >= 0.6 is 11.3 Å². The van der Waals surface area contributed by atoms with Gasteiger partial charge in [-0.2, -0.15) is 13.2 Å². The molecule has 0 amide bonds. The number of anilines is 1. The molecule has 17 heavy (non-hydrogen) atoms. The summed E-state index contributed by atoms with van der Waals surface area (Å²) < 4.78 is 42.4. The van der Waals surface area contributed by atoms with Gasteiger partial charge in [0, 0.05) is 25.6 Å². The van der Waals surface area contributed by atoms with Gasteiger partial charge in [0.1, 0.15) is 0 Å². The van der Waals surface area contributed by atoms with E-state index in [1.807, 2.05) is 4.90 Å². The quantitative estimate of drug-likeness (QED) is 0.823. The summed E-state index contributed by atoms with van der Waals surface area (Å²) in [5, 5.41) is 1.52. The molecule has 1 aliphatic rings. The summed E-state index contributed by atoms with van der Waals surface area (Å²) in [6.45, 7) is 1.40. The van der Waals surface area contributed by atoms with E-state index in [9.17, 15) is 13.2 Å². The monoisotopic (exact) mass is 266 g/mol. The van der Waals surface area contributed by atoms with Crippen LogP contribution in [0.1, 0.15) is 18.5 Å². The molecule has 1 aromatic heterocycles. The van der Waals surface area contributed by atoms with Crippen molar-refractivity contribution >= 4 is 16.5 Å². The molecule has 1 aromatic rings. The van der Waals surface area contributed by atoms with Gasteiger partial charge in [-0.25, -0.2) is 4.98 Å². The van der Waals surface area contributed by atoms with Gasteiger partial charge >= 0.3 is 6.18 Å². The standard InChI is InChI=1S/C10H13F3N2OS/c1-16-7-2-4-15(5-3-7)9-14-8(6-17-9)10(11,12)13/h6-7H,2-5H2,1H3. The molecule has 2 rings (SSSR count). The van der Waals surface area contributed by atoms with Gasteiger partial charge in [-0.1, -0.05) is 0 Å². The second kappa shape index (κ2) is 4.81. The number of nitrogens with zero attached hydrogens (tertiary/aromatic N) is 2. The highest BCUT2D eigenvalue weighted by molar-refractivity contribution is 7.13. The minimum atomic E-state index is -4.35. The number of hydrogen-bond acceptors (Lipinski definition) is 4. The molecule has 0 unspecified atom stereocenters. The highest BCUT2D eigenvalue weighted by atomic mass is 32.1. The number of halogens is 3. The summed E-state index contributed by atoms with van der Waals surface area (Å²) in [7, 11) is 1.66. The fourth-order valence-corrected chi connectivity index (χ4v) is 2.71. The fourth-order valence-electron chi connectivity index (χ4n) is 1.82. The highest BCUT2D eigenvalue weighted by Gasteiger charge is 2.34. The van der Waals surface area contributed by atoms with E-state index in [0.29, 0.717) is 18.2 Å². The van der Waals surface area contributed by atoms with Crippen molar-refractivity contribution < 1.29 is 17.9 Å². The normalized spacial score (nSPS) is 18.7. The molecular formula is C10H13F3N2OS. The Labute approximate surface area is 101 Å². The Hall–Kier alpha value is -0.820. The zero-order valence-electron chi connectivity index (χ0n) is 9.33. The lowest BCUT2D eigenvalue weighted by Gasteiger charge is -2.30. The minimum Gasteiger partial charge on any atom is -0.381 e. The number of rotatable bonds is 2. The lowest BCUT2D eigenvalue weighted by Crippen LogP contribution is -2.36. The first-order valence-corrected chi connectivity index (χ1v) is 6.19. The van der Waals surface area contributed by atoms with Crippen LogP contribution in [0.2, 0.25) is 0 Å². The van der Waals surface area contributed by atoms with Gasteiger partial charge < -0.3 is 9.64 Å². The largest absolute Gasteiger partial charge is 0.434 e. The molecular weight excluding hydrogens is 253 g/mol. The molecule has 0 spiro atoms. The van der Waals surface area contributed by atoms with Gasteiger partial charge in [0.2, 0.25) is 0 Å². The average Bonchev–Trinajstić information content (AvgIpc) is 2.78. The van der Waals surface area contributed by atoms with Crippen LogP contribution in [0.4, 0.5) is 18.3 Å². The zero-order chi connectivity index (χ0) is 12.5. The molecule has 1 saturated heterocycles. The van der Waals surface area contributed by atoms with E-state index >= 15 is 0 Å². The van der Waals surface area contributed by atoms with Gasteiger partial charge in [0.15, 0.2) is 10.8 Å². The van der Waals surface area contributed by atoms with Crippen LogP contribution in [-0.4, -0.2) is 31.3 Å². The van der Waals surface area contributed by atoms with Gasteiger partial charge in [0.05, 0.1) is 6.10 Å². The van der Waals surface area contributed by atoms with Crippen LogP contribution in [0.25, 0.3) is 0 Å². The Kier molecular flexibility index (Phi) is 3.58. The van der Waals surface area contributed by atoms with Crippen LogP contribution in [0.5, 0.6) is 0 Å². The molecule has 0 aliphatic carbocycles. The van der Waals surface area contributed by atoms with Crippen LogP contribution in [0, 0.1) is 0 Å². The second-order valence-corrected chi connectivity index (χ2v) is 4.77. The number of hydrogen-bond donors (Lipinski definition) is 0. The van der Waals surface area contributed by atoms with Gasteiger partial charge in [-0.15, -0.1) is 11.3 Å². The molecule has 0 saturated carbocycles. The molecule has 7 heteroatoms. The molecule has 3 nitrogen and oxygen atoms in total. The van der Waals surface area contributed by atoms with Gasteiger partial charge in [-0.3, -0.25) is 0 Å². The van der Waals surface area contributed by atoms with E-state index in [1.54, 1.807) is 7.11 Å². The Morgan fingerprint density at radius 2 is 2.06 bits per heavy atom. The Morgan fingerprint density at radius 3 is 2.53 bits per heavy atom. The first-order chi connectivity index (χ1) is 8.00. The smallest absolute Gasteiger partial charge is 0.381 e. The maximum absolute atomic E-state index is 12.4. The van der Waals surface area contributed by atoms with E-state index in [-0.39, 0.29) is 6.10 Å². The fraction of sp³-hybridized carbons (Fsp3) is 0.700. The highest BCUT2D eigenvalue weighted by Crippen LogP contribution is 2.33. The summed E-state index contributed by atoms with van der Waals surface area (Å²) in [5.74, 6) is 0. The van der Waals surface area contributed by atoms with Crippen molar-refractivity contribution in [1.82, 2.24) is 4.98 Å². The molecule has 0 bridgehead atoms. The maximum atomic E-state index is 12.4. The number of methoxy groups -OCH3 is 1. The van der Waals surface area contributed by atoms with E-state index in [1.165, 1.54) is 0 Å². The van der Waals surface area contributed by atoms with E-state index in [0.717, 1.165) is 29.6 Å². The number of piperidine rings is 1. The number of alkyl halides is 3. The number of thiazole rings is 1. The molecule has 0 N–H and O–H groups in total. The van der Waals surface area contributed by atoms with Gasteiger partial charge in [0.25, 0.3) is 0 Å². The first-order valence-electron chi connectivity index (χ1n) is 5.31. The van der Waals surface area contributed by atoms with Gasteiger partial charge in [-0.05, 0) is 12.8 Å². The third-order valence-electron chi connectivity index (χ3n) is 2.83. The van der Waals surface area contributed by atoms with Crippen LogP contribution < -0.4 is 4.90 Å². The van der Waals surface area contributed by atoms with Crippen LogP contribution in [0.3, 0.4) is 0 Å². The van der Waals surface area contributed by atoms with Crippen molar-refractivity contribution in [3.05, 3.63) is 11.1 Å². The van der Waals surface area contributed by atoms with Crippen LogP contribution in [0.15, 0.2) is 5.38 Å².